The van der Waals surface area contributed by atoms with Crippen LogP contribution < -0.4 is 5.32 Å². The van der Waals surface area contributed by atoms with Gasteiger partial charge in [0, 0.05) is 19.3 Å². The largest absolute Gasteiger partial charge is 0.333 e. The van der Waals surface area contributed by atoms with Crippen molar-refractivity contribution in [1.29, 1.82) is 0 Å². The molecule has 0 aromatic carbocycles. The average molecular weight is 219 g/mol. The highest BCUT2D eigenvalue weighted by Crippen LogP contribution is 2.02. The number of hydrogen-bond donors (Lipinski definition) is 1. The predicted molar refractivity (Wildman–Crippen MR) is 66.9 cm³/mol. The standard InChI is InChI=1S/C13H21N3/c1-4-7-12(6-3)15-10-13-9-14-11-16(13)8-5-2/h3,9,11-12,15H,4-5,7-8,10H2,1-2H3. The number of aromatic nitrogens is 2. The molecule has 0 radical (unpaired) electrons. The van der Waals surface area contributed by atoms with Crippen molar-refractivity contribution in [3.05, 3.63) is 18.2 Å². The number of hydrogen-bond acceptors (Lipinski definition) is 2. The highest BCUT2D eigenvalue weighted by atomic mass is 15.1. The van der Waals surface area contributed by atoms with E-state index >= 15 is 0 Å². The van der Waals surface area contributed by atoms with Gasteiger partial charge >= 0.3 is 0 Å². The second-order valence-corrected chi connectivity index (χ2v) is 3.97. The van der Waals surface area contributed by atoms with Gasteiger partial charge in [-0.25, -0.2) is 4.98 Å². The Bertz CT molecular complexity index is 335. The van der Waals surface area contributed by atoms with Gasteiger partial charge in [-0.05, 0) is 12.8 Å². The van der Waals surface area contributed by atoms with E-state index in [1.165, 1.54) is 5.69 Å². The lowest BCUT2D eigenvalue weighted by Crippen LogP contribution is -2.27. The molecule has 0 bridgehead atoms. The van der Waals surface area contributed by atoms with Gasteiger partial charge in [-0.2, -0.15) is 0 Å². The topological polar surface area (TPSA) is 29.9 Å². The van der Waals surface area contributed by atoms with Gasteiger partial charge in [-0.3, -0.25) is 5.32 Å². The lowest BCUT2D eigenvalue weighted by atomic mass is 10.2. The molecule has 0 saturated carbocycles. The van der Waals surface area contributed by atoms with E-state index in [4.69, 9.17) is 6.42 Å². The number of nitrogens with zero attached hydrogens (tertiary/aromatic N) is 2. The maximum absolute atomic E-state index is 5.46. The van der Waals surface area contributed by atoms with Gasteiger partial charge in [-0.15, -0.1) is 6.42 Å². The molecule has 1 aromatic heterocycles. The fraction of sp³-hybridized carbons (Fsp3) is 0.615. The highest BCUT2D eigenvalue weighted by Gasteiger charge is 2.05. The Morgan fingerprint density at radius 3 is 2.94 bits per heavy atom. The molecule has 3 nitrogen and oxygen atoms in total. The zero-order valence-electron chi connectivity index (χ0n) is 10.2. The van der Waals surface area contributed by atoms with Gasteiger partial charge in [0.1, 0.15) is 0 Å². The van der Waals surface area contributed by atoms with Crippen LogP contribution in [0.2, 0.25) is 0 Å². The fourth-order valence-electron chi connectivity index (χ4n) is 1.70. The average Bonchev–Trinajstić information content (AvgIpc) is 2.72. The minimum absolute atomic E-state index is 0.176. The first-order valence-electron chi connectivity index (χ1n) is 6.00. The van der Waals surface area contributed by atoms with Crippen LogP contribution in [0.1, 0.15) is 38.8 Å². The summed E-state index contributed by atoms with van der Waals surface area (Å²) in [7, 11) is 0. The first-order valence-corrected chi connectivity index (χ1v) is 6.00. The molecule has 1 atom stereocenters. The maximum atomic E-state index is 5.46. The molecule has 0 aliphatic rings. The summed E-state index contributed by atoms with van der Waals surface area (Å²) in [5, 5.41) is 3.37. The summed E-state index contributed by atoms with van der Waals surface area (Å²) in [5.74, 6) is 2.78. The summed E-state index contributed by atoms with van der Waals surface area (Å²) in [5.41, 5.74) is 1.21. The molecular weight excluding hydrogens is 198 g/mol. The van der Waals surface area contributed by atoms with Crippen molar-refractivity contribution in [1.82, 2.24) is 14.9 Å². The van der Waals surface area contributed by atoms with Crippen LogP contribution in [0.5, 0.6) is 0 Å². The molecule has 16 heavy (non-hydrogen) atoms. The minimum Gasteiger partial charge on any atom is -0.333 e. The zero-order chi connectivity index (χ0) is 11.8. The Labute approximate surface area is 98.3 Å². The van der Waals surface area contributed by atoms with Crippen LogP contribution in [0.4, 0.5) is 0 Å². The van der Waals surface area contributed by atoms with Crippen LogP contribution in [0.25, 0.3) is 0 Å². The quantitative estimate of drug-likeness (QED) is 0.712. The van der Waals surface area contributed by atoms with E-state index in [0.29, 0.717) is 0 Å². The van der Waals surface area contributed by atoms with Crippen LogP contribution in [-0.4, -0.2) is 15.6 Å². The van der Waals surface area contributed by atoms with Gasteiger partial charge in [0.2, 0.25) is 0 Å². The molecule has 0 amide bonds. The van der Waals surface area contributed by atoms with E-state index in [9.17, 15) is 0 Å². The predicted octanol–water partition coefficient (Wildman–Crippen LogP) is 2.18. The third-order valence-corrected chi connectivity index (χ3v) is 2.57. The highest BCUT2D eigenvalue weighted by molar-refractivity contribution is 5.03. The Morgan fingerprint density at radius 1 is 1.50 bits per heavy atom. The molecule has 0 saturated heterocycles. The van der Waals surface area contributed by atoms with Crippen LogP contribution >= 0.6 is 0 Å². The summed E-state index contributed by atoms with van der Waals surface area (Å²) in [6, 6.07) is 0.176. The van der Waals surface area contributed by atoms with E-state index in [-0.39, 0.29) is 6.04 Å². The Morgan fingerprint density at radius 2 is 2.31 bits per heavy atom. The Hall–Kier alpha value is -1.27. The van der Waals surface area contributed by atoms with Gasteiger partial charge in [-0.1, -0.05) is 26.2 Å². The van der Waals surface area contributed by atoms with E-state index < -0.39 is 0 Å². The molecule has 0 spiro atoms. The number of terminal acetylenes is 1. The van der Waals surface area contributed by atoms with Crippen LogP contribution in [0.3, 0.4) is 0 Å². The molecule has 1 aromatic rings. The van der Waals surface area contributed by atoms with E-state index in [0.717, 1.165) is 32.4 Å². The summed E-state index contributed by atoms with van der Waals surface area (Å²) < 4.78 is 2.17. The first kappa shape index (κ1) is 12.8. The molecule has 1 rings (SSSR count). The zero-order valence-corrected chi connectivity index (χ0v) is 10.2. The molecule has 3 heteroatoms. The molecule has 88 valence electrons. The molecule has 1 heterocycles. The van der Waals surface area contributed by atoms with Crippen molar-refractivity contribution in [2.75, 3.05) is 0 Å². The van der Waals surface area contributed by atoms with Crippen LogP contribution in [-0.2, 0) is 13.1 Å². The van der Waals surface area contributed by atoms with Gasteiger partial charge in [0.25, 0.3) is 0 Å². The molecule has 0 fully saturated rings. The van der Waals surface area contributed by atoms with Crippen LogP contribution in [0, 0.1) is 12.3 Å². The number of rotatable bonds is 7. The first-order chi connectivity index (χ1) is 7.81. The second kappa shape index (κ2) is 7.08. The van der Waals surface area contributed by atoms with Crippen LogP contribution in [0.15, 0.2) is 12.5 Å². The summed E-state index contributed by atoms with van der Waals surface area (Å²) >= 11 is 0. The summed E-state index contributed by atoms with van der Waals surface area (Å²) in [4.78, 5) is 4.16. The number of aryl methyl sites for hydroxylation is 1. The number of nitrogens with one attached hydrogen (secondary N) is 1. The van der Waals surface area contributed by atoms with Crippen molar-refractivity contribution >= 4 is 0 Å². The molecule has 0 aliphatic heterocycles. The lowest BCUT2D eigenvalue weighted by Gasteiger charge is -2.13. The molecule has 0 aliphatic carbocycles. The van der Waals surface area contributed by atoms with Gasteiger partial charge in [0.15, 0.2) is 0 Å². The van der Waals surface area contributed by atoms with E-state index in [2.05, 4.69) is 34.6 Å². The second-order valence-electron chi connectivity index (χ2n) is 3.97. The molecule has 1 N–H and O–H groups in total. The smallest absolute Gasteiger partial charge is 0.0948 e. The molecular formula is C13H21N3. The maximum Gasteiger partial charge on any atom is 0.0948 e. The van der Waals surface area contributed by atoms with E-state index in [1.807, 2.05) is 12.5 Å². The minimum atomic E-state index is 0.176. The lowest BCUT2D eigenvalue weighted by molar-refractivity contribution is 0.537. The summed E-state index contributed by atoms with van der Waals surface area (Å²) in [6.45, 7) is 6.13. The normalized spacial score (nSPS) is 12.3. The summed E-state index contributed by atoms with van der Waals surface area (Å²) in [6.07, 6.45) is 12.5. The number of imidazole rings is 1. The van der Waals surface area contributed by atoms with Crippen molar-refractivity contribution in [3.63, 3.8) is 0 Å². The monoisotopic (exact) mass is 219 g/mol. The van der Waals surface area contributed by atoms with Crippen molar-refractivity contribution in [2.45, 2.75) is 52.2 Å². The molecule has 1 unspecified atom stereocenters. The van der Waals surface area contributed by atoms with Gasteiger partial charge < -0.3 is 4.57 Å². The van der Waals surface area contributed by atoms with Crippen molar-refractivity contribution < 1.29 is 0 Å². The van der Waals surface area contributed by atoms with Gasteiger partial charge in [0.05, 0.1) is 18.1 Å². The van der Waals surface area contributed by atoms with Crippen molar-refractivity contribution in [3.8, 4) is 12.3 Å². The Balaban J connectivity index is 2.47. The third-order valence-electron chi connectivity index (χ3n) is 2.57. The Kier molecular flexibility index (Phi) is 5.66. The van der Waals surface area contributed by atoms with Crippen molar-refractivity contribution in [2.24, 2.45) is 0 Å². The van der Waals surface area contributed by atoms with E-state index in [1.54, 1.807) is 0 Å². The SMILES string of the molecule is C#CC(CCC)NCc1cncn1CCC. The fourth-order valence-corrected chi connectivity index (χ4v) is 1.70. The third kappa shape index (κ3) is 3.71.